The van der Waals surface area contributed by atoms with Crippen molar-refractivity contribution in [2.75, 3.05) is 0 Å². The summed E-state index contributed by atoms with van der Waals surface area (Å²) in [6.45, 7) is 14.5. The fourth-order valence-electron chi connectivity index (χ4n) is 8.11. The maximum Gasteiger partial charge on any atom is 0.205 e. The Balaban J connectivity index is 0.000000147. The molecule has 0 amide bonds. The van der Waals surface area contributed by atoms with Crippen LogP contribution >= 0.6 is 46.4 Å². The topological polar surface area (TPSA) is 179 Å². The molecule has 424 valence electrons. The van der Waals surface area contributed by atoms with Crippen molar-refractivity contribution in [1.29, 1.82) is 10.5 Å². The van der Waals surface area contributed by atoms with Crippen LogP contribution in [0, 0.1) is 82.3 Å². The maximum absolute atomic E-state index is 13.9. The highest BCUT2D eigenvalue weighted by molar-refractivity contribution is 6.30. The molecule has 0 saturated carbocycles. The Morgan fingerprint density at radius 3 is 1.05 bits per heavy atom. The van der Waals surface area contributed by atoms with Crippen LogP contribution in [-0.4, -0.2) is 58.1 Å². The molecule has 0 bridgehead atoms. The first-order chi connectivity index (χ1) is 40.3. The molecule has 0 N–H and O–H groups in total. The van der Waals surface area contributed by atoms with E-state index in [0.29, 0.717) is 45.3 Å². The zero-order valence-corrected chi connectivity index (χ0v) is 45.1. The highest BCUT2D eigenvalue weighted by Crippen LogP contribution is 2.29. The van der Waals surface area contributed by atoms with Crippen molar-refractivity contribution in [2.45, 2.75) is 33.6 Å². The van der Waals surface area contributed by atoms with E-state index in [-0.39, 0.29) is 98.9 Å². The standard InChI is InChI=1S/4C14H7ClF2N4.CH4/c2*1-18-9-2-3-10(19-6-9)7-21-12-5-8(16)4-11(17)13(12)20-14(21)15;2*15-14-20-12-4-9(16)3-11(17)13(12)21(14)7-10-2-1-8(5-18)6-19-10;/h2*2-6H,7H2;2*1-4,6H,7H2;1H4. The van der Waals surface area contributed by atoms with Gasteiger partial charge < -0.3 is 18.3 Å². The zero-order chi connectivity index (χ0) is 59.9. The summed E-state index contributed by atoms with van der Waals surface area (Å²) < 4.78 is 114. The summed E-state index contributed by atoms with van der Waals surface area (Å²) in [4.78, 5) is 38.5. The molecular weight excluding hydrogens is 1200 g/mol. The van der Waals surface area contributed by atoms with Crippen LogP contribution in [0.5, 0.6) is 0 Å². The van der Waals surface area contributed by atoms with E-state index in [1.807, 2.05) is 12.1 Å². The molecule has 85 heavy (non-hydrogen) atoms. The number of pyridine rings is 4. The van der Waals surface area contributed by atoms with Gasteiger partial charge in [0, 0.05) is 73.3 Å². The first-order valence-corrected chi connectivity index (χ1v) is 25.2. The number of hydrogen-bond acceptors (Lipinski definition) is 10. The third kappa shape index (κ3) is 13.9. The summed E-state index contributed by atoms with van der Waals surface area (Å²) in [5, 5.41) is 17.6. The highest BCUT2D eigenvalue weighted by Gasteiger charge is 2.20. The maximum atomic E-state index is 13.9. The Bertz CT molecular complexity index is 4350. The van der Waals surface area contributed by atoms with E-state index in [9.17, 15) is 35.1 Å². The second kappa shape index (κ2) is 26.4. The molecule has 0 aliphatic heterocycles. The lowest BCUT2D eigenvalue weighted by molar-refractivity contribution is 0.586. The van der Waals surface area contributed by atoms with E-state index in [1.54, 1.807) is 48.5 Å². The summed E-state index contributed by atoms with van der Waals surface area (Å²) in [6.07, 6.45) is 5.68. The van der Waals surface area contributed by atoms with Gasteiger partial charge >= 0.3 is 0 Å². The van der Waals surface area contributed by atoms with Crippen LogP contribution in [-0.2, 0) is 26.2 Å². The lowest BCUT2D eigenvalue weighted by Crippen LogP contribution is -2.03. The van der Waals surface area contributed by atoms with Crippen molar-refractivity contribution in [1.82, 2.24) is 58.1 Å². The van der Waals surface area contributed by atoms with Crippen LogP contribution in [0.2, 0.25) is 21.1 Å². The molecular formula is C57H32Cl4F8N16. The van der Waals surface area contributed by atoms with Crippen LogP contribution in [0.1, 0.15) is 41.3 Å². The first kappa shape index (κ1) is 61.0. The number of benzene rings is 4. The number of halogens is 12. The summed E-state index contributed by atoms with van der Waals surface area (Å²) >= 11 is 23.9. The van der Waals surface area contributed by atoms with Crippen molar-refractivity contribution in [3.8, 4) is 12.1 Å². The summed E-state index contributed by atoms with van der Waals surface area (Å²) in [7, 11) is 0. The Hall–Kier alpha value is -10.1. The minimum Gasteiger partial charge on any atom is -0.308 e. The third-order valence-electron chi connectivity index (χ3n) is 11.9. The van der Waals surface area contributed by atoms with Crippen molar-refractivity contribution in [2.24, 2.45) is 0 Å². The van der Waals surface area contributed by atoms with Crippen LogP contribution in [0.25, 0.3) is 53.8 Å². The van der Waals surface area contributed by atoms with Gasteiger partial charge in [0.05, 0.1) is 95.3 Å². The van der Waals surface area contributed by atoms with E-state index in [1.165, 1.54) is 55.2 Å². The van der Waals surface area contributed by atoms with E-state index < -0.39 is 46.5 Å². The van der Waals surface area contributed by atoms with Gasteiger partial charge in [-0.25, -0.2) is 64.7 Å². The minimum atomic E-state index is -0.762. The Morgan fingerprint density at radius 2 is 0.729 bits per heavy atom. The van der Waals surface area contributed by atoms with E-state index >= 15 is 0 Å². The molecule has 16 nitrogen and oxygen atoms in total. The van der Waals surface area contributed by atoms with Gasteiger partial charge in [-0.3, -0.25) is 19.9 Å². The normalized spacial score (nSPS) is 10.6. The van der Waals surface area contributed by atoms with Crippen LogP contribution < -0.4 is 0 Å². The minimum absolute atomic E-state index is 0. The number of fused-ring (bicyclic) bond motifs is 4. The molecule has 0 aliphatic carbocycles. The predicted octanol–water partition coefficient (Wildman–Crippen LogP) is 15.1. The van der Waals surface area contributed by atoms with Crippen molar-refractivity contribution in [3.63, 3.8) is 0 Å². The monoisotopic (exact) mass is 1230 g/mol. The Kier molecular flexibility index (Phi) is 19.0. The van der Waals surface area contributed by atoms with Gasteiger partial charge in [-0.2, -0.15) is 10.5 Å². The largest absolute Gasteiger partial charge is 0.308 e. The van der Waals surface area contributed by atoms with Gasteiger partial charge in [0.15, 0.2) is 23.3 Å². The smallest absolute Gasteiger partial charge is 0.205 e. The average Bonchev–Trinajstić information content (AvgIpc) is 2.38. The average molecular weight is 1230 g/mol. The zero-order valence-electron chi connectivity index (χ0n) is 42.1. The lowest BCUT2D eigenvalue weighted by atomic mass is 10.2. The van der Waals surface area contributed by atoms with Gasteiger partial charge in [-0.15, -0.1) is 0 Å². The van der Waals surface area contributed by atoms with Gasteiger partial charge in [0.1, 0.15) is 57.5 Å². The Morgan fingerprint density at radius 1 is 0.412 bits per heavy atom. The molecule has 28 heteroatoms. The van der Waals surface area contributed by atoms with E-state index in [2.05, 4.69) is 49.6 Å². The first-order valence-electron chi connectivity index (χ1n) is 23.7. The van der Waals surface area contributed by atoms with Crippen LogP contribution in [0.15, 0.2) is 122 Å². The van der Waals surface area contributed by atoms with Crippen molar-refractivity contribution in [3.05, 3.63) is 246 Å². The summed E-state index contributed by atoms with van der Waals surface area (Å²) in [5.41, 5.74) is 5.12. The van der Waals surface area contributed by atoms with Gasteiger partial charge in [-0.1, -0.05) is 19.6 Å². The van der Waals surface area contributed by atoms with Crippen LogP contribution in [0.3, 0.4) is 0 Å². The molecule has 8 aromatic heterocycles. The number of nitriles is 2. The number of aromatic nitrogens is 12. The second-order valence-corrected chi connectivity index (χ2v) is 18.8. The molecule has 8 heterocycles. The van der Waals surface area contributed by atoms with Crippen molar-refractivity contribution >= 4 is 102 Å². The summed E-state index contributed by atoms with van der Waals surface area (Å²) in [5.74, 6) is -5.82. The molecule has 0 atom stereocenters. The molecule has 0 saturated heterocycles. The summed E-state index contributed by atoms with van der Waals surface area (Å²) in [6, 6.07) is 24.6. The molecule has 0 fully saturated rings. The van der Waals surface area contributed by atoms with Gasteiger partial charge in [0.2, 0.25) is 32.5 Å². The molecule has 0 aliphatic rings. The highest BCUT2D eigenvalue weighted by atomic mass is 35.5. The predicted molar refractivity (Wildman–Crippen MR) is 301 cm³/mol. The molecule has 0 spiro atoms. The fraction of sp³-hybridized carbons (Fsp3) is 0.0877. The van der Waals surface area contributed by atoms with Gasteiger partial charge in [-0.05, 0) is 82.8 Å². The fourth-order valence-corrected chi connectivity index (χ4v) is 9.06. The molecule has 0 unspecified atom stereocenters. The number of imidazole rings is 4. The number of hydrogen-bond donors (Lipinski definition) is 0. The molecule has 12 aromatic rings. The SMILES string of the molecule is C.N#Cc1ccc(Cn2c(Cl)nc3cc(F)cc(F)c32)nc1.N#Cc1ccc(Cn2c(Cl)nc3cc(F)cc(F)c32)nc1.[C-]#[N+]c1ccc(Cn2c(Cl)nc3c(F)cc(F)cc32)nc1.[C-]#[N+]c1ccc(Cn2c(Cl)nc3c(F)cc(F)cc32)nc1. The number of rotatable bonds is 8. The molecule has 0 radical (unpaired) electrons. The third-order valence-corrected chi connectivity index (χ3v) is 13.1. The molecule has 4 aromatic carbocycles. The lowest BCUT2D eigenvalue weighted by Gasteiger charge is -2.06. The quantitative estimate of drug-likeness (QED) is 0.105. The van der Waals surface area contributed by atoms with Gasteiger partial charge in [0.25, 0.3) is 0 Å². The Labute approximate surface area is 495 Å². The second-order valence-electron chi connectivity index (χ2n) is 17.4. The van der Waals surface area contributed by atoms with E-state index in [4.69, 9.17) is 70.1 Å². The van der Waals surface area contributed by atoms with Crippen molar-refractivity contribution < 1.29 is 35.1 Å². The van der Waals surface area contributed by atoms with Crippen LogP contribution in [0.4, 0.5) is 46.5 Å². The number of nitrogens with zero attached hydrogens (tertiary/aromatic N) is 16. The molecule has 12 rings (SSSR count). The van der Waals surface area contributed by atoms with E-state index in [0.717, 1.165) is 36.4 Å².